The van der Waals surface area contributed by atoms with Gasteiger partial charge in [-0.25, -0.2) is 0 Å². The average molecular weight is 299 g/mol. The van der Waals surface area contributed by atoms with E-state index in [4.69, 9.17) is 9.47 Å². The van der Waals surface area contributed by atoms with Crippen LogP contribution in [0.1, 0.15) is 25.0 Å². The smallest absolute Gasteiger partial charge is 0.119 e. The summed E-state index contributed by atoms with van der Waals surface area (Å²) >= 11 is 0. The van der Waals surface area contributed by atoms with E-state index in [-0.39, 0.29) is 0 Å². The van der Waals surface area contributed by atoms with E-state index in [1.807, 2.05) is 48.5 Å². The van der Waals surface area contributed by atoms with E-state index >= 15 is 0 Å². The van der Waals surface area contributed by atoms with Crippen LogP contribution in [0.4, 0.5) is 0 Å². The second kappa shape index (κ2) is 7.50. The monoisotopic (exact) mass is 299 g/mol. The maximum absolute atomic E-state index is 9.33. The topological polar surface area (TPSA) is 51.0 Å². The lowest BCUT2D eigenvalue weighted by Gasteiger charge is -2.10. The molecule has 0 atom stereocenters. The van der Waals surface area contributed by atoms with Crippen molar-refractivity contribution in [3.05, 3.63) is 59.7 Å². The Morgan fingerprint density at radius 3 is 1.86 bits per heavy atom. The van der Waals surface area contributed by atoms with Crippen molar-refractivity contribution in [1.29, 1.82) is 0 Å². The van der Waals surface area contributed by atoms with Crippen LogP contribution in [-0.4, -0.2) is 24.6 Å². The molecule has 0 aromatic heterocycles. The maximum atomic E-state index is 9.33. The van der Waals surface area contributed by atoms with E-state index in [1.165, 1.54) is 0 Å². The second-order valence-corrected chi connectivity index (χ2v) is 5.41. The summed E-state index contributed by atoms with van der Waals surface area (Å²) < 4.78 is 10.8. The standard InChI is InChI=1S/C18H21NO3/c1-13(2)12-22-17-10-6-15(7-11-17)18(19-20)14-4-8-16(21-3)9-5-14/h4-11,13,20H,12H2,1-3H3/b19-18-. The first kappa shape index (κ1) is 15.9. The lowest BCUT2D eigenvalue weighted by Crippen LogP contribution is -2.06. The molecule has 4 nitrogen and oxygen atoms in total. The zero-order valence-electron chi connectivity index (χ0n) is 13.1. The quantitative estimate of drug-likeness (QED) is 0.499. The minimum Gasteiger partial charge on any atom is -0.497 e. The number of hydrogen-bond acceptors (Lipinski definition) is 4. The summed E-state index contributed by atoms with van der Waals surface area (Å²) in [6.07, 6.45) is 0. The molecule has 0 unspecified atom stereocenters. The van der Waals surface area contributed by atoms with Gasteiger partial charge in [-0.05, 0) is 54.4 Å². The predicted octanol–water partition coefficient (Wildman–Crippen LogP) is 3.96. The summed E-state index contributed by atoms with van der Waals surface area (Å²) in [6.45, 7) is 4.89. The number of hydrogen-bond donors (Lipinski definition) is 1. The minimum absolute atomic E-state index is 0.480. The molecular weight excluding hydrogens is 278 g/mol. The molecule has 2 aromatic rings. The van der Waals surface area contributed by atoms with Crippen molar-refractivity contribution in [2.75, 3.05) is 13.7 Å². The molecule has 0 saturated carbocycles. The van der Waals surface area contributed by atoms with Crippen molar-refractivity contribution in [3.63, 3.8) is 0 Å². The molecule has 0 aliphatic carbocycles. The first-order valence-electron chi connectivity index (χ1n) is 7.23. The van der Waals surface area contributed by atoms with Gasteiger partial charge < -0.3 is 14.7 Å². The first-order chi connectivity index (χ1) is 10.6. The van der Waals surface area contributed by atoms with Gasteiger partial charge in [-0.3, -0.25) is 0 Å². The molecule has 0 bridgehead atoms. The van der Waals surface area contributed by atoms with E-state index in [1.54, 1.807) is 7.11 Å². The third-order valence-electron chi connectivity index (χ3n) is 3.17. The van der Waals surface area contributed by atoms with Crippen LogP contribution in [0.5, 0.6) is 11.5 Å². The van der Waals surface area contributed by atoms with Gasteiger partial charge >= 0.3 is 0 Å². The van der Waals surface area contributed by atoms with Crippen LogP contribution in [0.25, 0.3) is 0 Å². The van der Waals surface area contributed by atoms with Crippen LogP contribution in [0.3, 0.4) is 0 Å². The molecule has 0 saturated heterocycles. The normalized spacial score (nSPS) is 11.5. The summed E-state index contributed by atoms with van der Waals surface area (Å²) in [4.78, 5) is 0. The highest BCUT2D eigenvalue weighted by Gasteiger charge is 2.08. The van der Waals surface area contributed by atoms with Crippen LogP contribution in [0.15, 0.2) is 53.7 Å². The molecule has 116 valence electrons. The van der Waals surface area contributed by atoms with Crippen molar-refractivity contribution in [2.24, 2.45) is 11.1 Å². The third kappa shape index (κ3) is 4.01. The van der Waals surface area contributed by atoms with Gasteiger partial charge in [0, 0.05) is 11.1 Å². The Morgan fingerprint density at radius 2 is 1.45 bits per heavy atom. The fourth-order valence-electron chi connectivity index (χ4n) is 2.00. The van der Waals surface area contributed by atoms with Crippen LogP contribution < -0.4 is 9.47 Å². The molecular formula is C18H21NO3. The first-order valence-corrected chi connectivity index (χ1v) is 7.23. The molecule has 0 radical (unpaired) electrons. The van der Waals surface area contributed by atoms with Crippen LogP contribution in [-0.2, 0) is 0 Å². The zero-order valence-corrected chi connectivity index (χ0v) is 13.1. The molecule has 0 aliphatic heterocycles. The number of ether oxygens (including phenoxy) is 2. The number of methoxy groups -OCH3 is 1. The SMILES string of the molecule is COc1ccc(/C(=N/O)c2ccc(OCC(C)C)cc2)cc1. The van der Waals surface area contributed by atoms with Gasteiger partial charge in [0.2, 0.25) is 0 Å². The predicted molar refractivity (Wildman–Crippen MR) is 87.2 cm³/mol. The number of rotatable bonds is 6. The summed E-state index contributed by atoms with van der Waals surface area (Å²) in [5.41, 5.74) is 2.15. The van der Waals surface area contributed by atoms with Gasteiger partial charge in [0.15, 0.2) is 0 Å². The van der Waals surface area contributed by atoms with E-state index in [0.29, 0.717) is 18.2 Å². The Labute approximate surface area is 131 Å². The van der Waals surface area contributed by atoms with Crippen molar-refractivity contribution >= 4 is 5.71 Å². The van der Waals surface area contributed by atoms with Crippen LogP contribution in [0.2, 0.25) is 0 Å². The number of nitrogens with zero attached hydrogens (tertiary/aromatic N) is 1. The van der Waals surface area contributed by atoms with E-state index < -0.39 is 0 Å². The fourth-order valence-corrected chi connectivity index (χ4v) is 2.00. The highest BCUT2D eigenvalue weighted by Crippen LogP contribution is 2.18. The van der Waals surface area contributed by atoms with E-state index in [0.717, 1.165) is 22.6 Å². The van der Waals surface area contributed by atoms with Gasteiger partial charge in [-0.2, -0.15) is 0 Å². The van der Waals surface area contributed by atoms with Crippen molar-refractivity contribution < 1.29 is 14.7 Å². The Kier molecular flexibility index (Phi) is 5.42. The highest BCUT2D eigenvalue weighted by atomic mass is 16.5. The molecule has 0 aliphatic rings. The molecule has 4 heteroatoms. The van der Waals surface area contributed by atoms with Crippen LogP contribution in [0, 0.1) is 5.92 Å². The highest BCUT2D eigenvalue weighted by molar-refractivity contribution is 6.12. The number of oxime groups is 1. The molecule has 2 rings (SSSR count). The molecule has 0 amide bonds. The summed E-state index contributed by atoms with van der Waals surface area (Å²) in [7, 11) is 1.62. The molecule has 0 heterocycles. The summed E-state index contributed by atoms with van der Waals surface area (Å²) in [5.74, 6) is 2.05. The fraction of sp³-hybridized carbons (Fsp3) is 0.278. The Balaban J connectivity index is 2.17. The van der Waals surface area contributed by atoms with Gasteiger partial charge in [0.1, 0.15) is 17.2 Å². The largest absolute Gasteiger partial charge is 0.497 e. The maximum Gasteiger partial charge on any atom is 0.119 e. The summed E-state index contributed by atoms with van der Waals surface area (Å²) in [6, 6.07) is 14.9. The number of benzene rings is 2. The molecule has 0 spiro atoms. The average Bonchev–Trinajstić information content (AvgIpc) is 2.55. The van der Waals surface area contributed by atoms with Crippen molar-refractivity contribution in [3.8, 4) is 11.5 Å². The van der Waals surface area contributed by atoms with Gasteiger partial charge in [0.05, 0.1) is 13.7 Å². The Bertz CT molecular complexity index is 616. The van der Waals surface area contributed by atoms with E-state index in [9.17, 15) is 5.21 Å². The molecule has 2 aromatic carbocycles. The lowest BCUT2D eigenvalue weighted by molar-refractivity contribution is 0.271. The summed E-state index contributed by atoms with van der Waals surface area (Å²) in [5, 5.41) is 12.8. The molecule has 0 fully saturated rings. The van der Waals surface area contributed by atoms with Gasteiger partial charge in [0.25, 0.3) is 0 Å². The Hall–Kier alpha value is -2.49. The second-order valence-electron chi connectivity index (χ2n) is 5.41. The lowest BCUT2D eigenvalue weighted by atomic mass is 10.0. The third-order valence-corrected chi connectivity index (χ3v) is 3.17. The molecule has 22 heavy (non-hydrogen) atoms. The van der Waals surface area contributed by atoms with Gasteiger partial charge in [-0.15, -0.1) is 0 Å². The van der Waals surface area contributed by atoms with E-state index in [2.05, 4.69) is 19.0 Å². The minimum atomic E-state index is 0.480. The van der Waals surface area contributed by atoms with Crippen molar-refractivity contribution in [1.82, 2.24) is 0 Å². The van der Waals surface area contributed by atoms with Crippen molar-refractivity contribution in [2.45, 2.75) is 13.8 Å². The molecule has 1 N–H and O–H groups in total. The van der Waals surface area contributed by atoms with Crippen LogP contribution >= 0.6 is 0 Å². The zero-order chi connectivity index (χ0) is 15.9. The Morgan fingerprint density at radius 1 is 0.955 bits per heavy atom. The van der Waals surface area contributed by atoms with Gasteiger partial charge in [-0.1, -0.05) is 19.0 Å².